The highest BCUT2D eigenvalue weighted by Gasteiger charge is 2.31. The Labute approximate surface area is 139 Å². The van der Waals surface area contributed by atoms with Crippen LogP contribution in [0.25, 0.3) is 0 Å². The summed E-state index contributed by atoms with van der Waals surface area (Å²) < 4.78 is 25.4. The minimum absolute atomic E-state index is 0.0610. The lowest BCUT2D eigenvalue weighted by Crippen LogP contribution is -2.46. The van der Waals surface area contributed by atoms with Crippen LogP contribution in [0.15, 0.2) is 24.3 Å². The van der Waals surface area contributed by atoms with Gasteiger partial charge in [0, 0.05) is 13.1 Å². The highest BCUT2D eigenvalue weighted by atomic mass is 32.2. The van der Waals surface area contributed by atoms with Crippen molar-refractivity contribution in [2.24, 2.45) is 5.92 Å². The lowest BCUT2D eigenvalue weighted by Gasteiger charge is -2.31. The second kappa shape index (κ2) is 7.45. The normalized spacial score (nSPS) is 20.9. The molecule has 1 N–H and O–H groups in total. The quantitative estimate of drug-likeness (QED) is 0.895. The summed E-state index contributed by atoms with van der Waals surface area (Å²) in [6.45, 7) is 6.43. The highest BCUT2D eigenvalue weighted by Crippen LogP contribution is 2.21. The van der Waals surface area contributed by atoms with E-state index < -0.39 is 10.0 Å². The summed E-state index contributed by atoms with van der Waals surface area (Å²) in [6.07, 6.45) is 1.47. The Bertz CT molecular complexity index is 640. The van der Waals surface area contributed by atoms with Crippen LogP contribution < -0.4 is 5.32 Å². The van der Waals surface area contributed by atoms with Crippen LogP contribution in [-0.2, 0) is 14.8 Å². The SMILES string of the molecule is CCS(=O)(=O)N1CCC[C@@H](C(=O)N[C@H](C)c2ccc(C)cc2)C1. The van der Waals surface area contributed by atoms with Crippen LogP contribution in [0.3, 0.4) is 0 Å². The number of hydrogen-bond donors (Lipinski definition) is 1. The molecular formula is C17H26N2O3S. The van der Waals surface area contributed by atoms with Gasteiger partial charge >= 0.3 is 0 Å². The molecule has 5 nitrogen and oxygen atoms in total. The van der Waals surface area contributed by atoms with Gasteiger partial charge in [0.2, 0.25) is 15.9 Å². The smallest absolute Gasteiger partial charge is 0.224 e. The molecule has 0 radical (unpaired) electrons. The third-order valence-corrected chi connectivity index (χ3v) is 6.30. The van der Waals surface area contributed by atoms with Gasteiger partial charge in [0.15, 0.2) is 0 Å². The van der Waals surface area contributed by atoms with E-state index in [2.05, 4.69) is 5.32 Å². The first-order valence-corrected chi connectivity index (χ1v) is 9.79. The Hall–Kier alpha value is -1.40. The number of rotatable bonds is 5. The molecule has 0 saturated carbocycles. The molecule has 23 heavy (non-hydrogen) atoms. The van der Waals surface area contributed by atoms with Crippen molar-refractivity contribution in [3.05, 3.63) is 35.4 Å². The molecule has 1 fully saturated rings. The van der Waals surface area contributed by atoms with E-state index in [4.69, 9.17) is 0 Å². The molecule has 2 rings (SSSR count). The average Bonchev–Trinajstić information content (AvgIpc) is 2.55. The highest BCUT2D eigenvalue weighted by molar-refractivity contribution is 7.89. The topological polar surface area (TPSA) is 66.5 Å². The van der Waals surface area contributed by atoms with Gasteiger partial charge < -0.3 is 5.32 Å². The molecule has 0 spiro atoms. The van der Waals surface area contributed by atoms with Gasteiger partial charge in [-0.3, -0.25) is 4.79 Å². The van der Waals surface area contributed by atoms with E-state index in [0.29, 0.717) is 13.1 Å². The van der Waals surface area contributed by atoms with E-state index >= 15 is 0 Å². The Morgan fingerprint density at radius 2 is 2.00 bits per heavy atom. The van der Waals surface area contributed by atoms with Gasteiger partial charge in [0.25, 0.3) is 0 Å². The van der Waals surface area contributed by atoms with E-state index in [0.717, 1.165) is 18.4 Å². The molecule has 1 aromatic carbocycles. The molecule has 128 valence electrons. The molecule has 1 aromatic rings. The number of piperidine rings is 1. The van der Waals surface area contributed by atoms with Gasteiger partial charge in [0.05, 0.1) is 17.7 Å². The zero-order valence-corrected chi connectivity index (χ0v) is 14.9. The van der Waals surface area contributed by atoms with Crippen molar-refractivity contribution >= 4 is 15.9 Å². The first-order valence-electron chi connectivity index (χ1n) is 8.18. The average molecular weight is 338 g/mol. The second-order valence-corrected chi connectivity index (χ2v) is 8.50. The third kappa shape index (κ3) is 4.54. The van der Waals surface area contributed by atoms with E-state index in [-0.39, 0.29) is 23.6 Å². The van der Waals surface area contributed by atoms with Crippen LogP contribution in [0, 0.1) is 12.8 Å². The molecule has 1 heterocycles. The second-order valence-electron chi connectivity index (χ2n) is 6.24. The number of benzene rings is 1. The maximum absolute atomic E-state index is 12.5. The fraction of sp³-hybridized carbons (Fsp3) is 0.588. The van der Waals surface area contributed by atoms with Crippen molar-refractivity contribution in [2.45, 2.75) is 39.7 Å². The predicted molar refractivity (Wildman–Crippen MR) is 91.5 cm³/mol. The number of carbonyl (C=O) groups is 1. The number of carbonyl (C=O) groups excluding carboxylic acids is 1. The van der Waals surface area contributed by atoms with E-state index in [1.165, 1.54) is 9.87 Å². The number of sulfonamides is 1. The summed E-state index contributed by atoms with van der Waals surface area (Å²) in [7, 11) is -3.22. The zero-order valence-electron chi connectivity index (χ0n) is 14.1. The summed E-state index contributed by atoms with van der Waals surface area (Å²) >= 11 is 0. The van der Waals surface area contributed by atoms with Crippen molar-refractivity contribution < 1.29 is 13.2 Å². The Balaban J connectivity index is 1.98. The number of nitrogens with one attached hydrogen (secondary N) is 1. The van der Waals surface area contributed by atoms with Gasteiger partial charge in [-0.15, -0.1) is 0 Å². The summed E-state index contributed by atoms with van der Waals surface area (Å²) in [5, 5.41) is 3.01. The largest absolute Gasteiger partial charge is 0.349 e. The van der Waals surface area contributed by atoms with Crippen molar-refractivity contribution in [2.75, 3.05) is 18.8 Å². The van der Waals surface area contributed by atoms with Gasteiger partial charge in [-0.25, -0.2) is 12.7 Å². The number of amides is 1. The molecule has 1 amide bonds. The summed E-state index contributed by atoms with van der Waals surface area (Å²) in [5.41, 5.74) is 2.23. The molecule has 1 saturated heterocycles. The first kappa shape index (κ1) is 17.9. The Morgan fingerprint density at radius 1 is 1.35 bits per heavy atom. The van der Waals surface area contributed by atoms with Crippen LogP contribution in [0.5, 0.6) is 0 Å². The maximum Gasteiger partial charge on any atom is 0.224 e. The number of nitrogens with zero attached hydrogens (tertiary/aromatic N) is 1. The van der Waals surface area contributed by atoms with Crippen molar-refractivity contribution in [1.82, 2.24) is 9.62 Å². The fourth-order valence-electron chi connectivity index (χ4n) is 2.86. The molecule has 0 aliphatic carbocycles. The molecular weight excluding hydrogens is 312 g/mol. The van der Waals surface area contributed by atoms with Crippen LogP contribution in [0.2, 0.25) is 0 Å². The van der Waals surface area contributed by atoms with Gasteiger partial charge in [0.1, 0.15) is 0 Å². The monoisotopic (exact) mass is 338 g/mol. The predicted octanol–water partition coefficient (Wildman–Crippen LogP) is 2.23. The molecule has 0 unspecified atom stereocenters. The Kier molecular flexibility index (Phi) is 5.81. The molecule has 2 atom stereocenters. The van der Waals surface area contributed by atoms with Crippen LogP contribution in [-0.4, -0.2) is 37.5 Å². The fourth-order valence-corrected chi connectivity index (χ4v) is 4.04. The number of aryl methyl sites for hydroxylation is 1. The summed E-state index contributed by atoms with van der Waals surface area (Å²) in [4.78, 5) is 12.5. The van der Waals surface area contributed by atoms with Crippen LogP contribution in [0.4, 0.5) is 0 Å². The molecule has 0 bridgehead atoms. The minimum atomic E-state index is -3.22. The summed E-state index contributed by atoms with van der Waals surface area (Å²) in [5.74, 6) is -0.242. The van der Waals surface area contributed by atoms with Gasteiger partial charge in [-0.05, 0) is 39.2 Å². The maximum atomic E-state index is 12.5. The van der Waals surface area contributed by atoms with E-state index in [9.17, 15) is 13.2 Å². The van der Waals surface area contributed by atoms with Gasteiger partial charge in [-0.2, -0.15) is 0 Å². The first-order chi connectivity index (χ1) is 10.8. The molecule has 1 aliphatic rings. The Morgan fingerprint density at radius 3 is 2.61 bits per heavy atom. The van der Waals surface area contributed by atoms with Gasteiger partial charge in [-0.1, -0.05) is 29.8 Å². The zero-order chi connectivity index (χ0) is 17.0. The molecule has 0 aromatic heterocycles. The number of hydrogen-bond acceptors (Lipinski definition) is 3. The lowest BCUT2D eigenvalue weighted by molar-refractivity contribution is -0.126. The molecule has 6 heteroatoms. The van der Waals surface area contributed by atoms with Crippen molar-refractivity contribution in [3.8, 4) is 0 Å². The standard InChI is InChI=1S/C17H26N2O3S/c1-4-23(21,22)19-11-5-6-16(12-19)17(20)18-14(3)15-9-7-13(2)8-10-15/h7-10,14,16H,4-6,11-12H2,1-3H3,(H,18,20)/t14-,16-/m1/s1. The van der Waals surface area contributed by atoms with Crippen molar-refractivity contribution in [3.63, 3.8) is 0 Å². The summed E-state index contributed by atoms with van der Waals surface area (Å²) in [6, 6.07) is 7.98. The third-order valence-electron chi connectivity index (χ3n) is 4.45. The van der Waals surface area contributed by atoms with Crippen molar-refractivity contribution in [1.29, 1.82) is 0 Å². The molecule has 1 aliphatic heterocycles. The minimum Gasteiger partial charge on any atom is -0.349 e. The van der Waals surface area contributed by atoms with E-state index in [1.807, 2.05) is 38.1 Å². The van der Waals surface area contributed by atoms with E-state index in [1.54, 1.807) is 6.92 Å². The lowest BCUT2D eigenvalue weighted by atomic mass is 9.97. The van der Waals surface area contributed by atoms with Crippen LogP contribution >= 0.6 is 0 Å². The van der Waals surface area contributed by atoms with Crippen LogP contribution in [0.1, 0.15) is 43.9 Å².